The van der Waals surface area contributed by atoms with Crippen LogP contribution in [0.1, 0.15) is 33.4 Å². The van der Waals surface area contributed by atoms with Gasteiger partial charge in [-0.1, -0.05) is 6.92 Å². The highest BCUT2D eigenvalue weighted by molar-refractivity contribution is 5.71. The molecule has 2 aromatic heterocycles. The largest absolute Gasteiger partial charge is 0.456 e. The van der Waals surface area contributed by atoms with Crippen molar-refractivity contribution in [2.75, 3.05) is 5.73 Å². The van der Waals surface area contributed by atoms with Crippen molar-refractivity contribution in [3.63, 3.8) is 0 Å². The molecule has 0 saturated carbocycles. The summed E-state index contributed by atoms with van der Waals surface area (Å²) in [7, 11) is 0. The summed E-state index contributed by atoms with van der Waals surface area (Å²) in [5.41, 5.74) is 5.34. The lowest BCUT2D eigenvalue weighted by molar-refractivity contribution is -0.165. The second kappa shape index (κ2) is 6.75. The summed E-state index contributed by atoms with van der Waals surface area (Å²) in [6, 6.07) is 0. The van der Waals surface area contributed by atoms with Gasteiger partial charge >= 0.3 is 11.9 Å². The first-order chi connectivity index (χ1) is 12.3. The predicted octanol–water partition coefficient (Wildman–Crippen LogP) is -0.127. The average molecular weight is 365 g/mol. The van der Waals surface area contributed by atoms with Crippen LogP contribution in [0.5, 0.6) is 0 Å². The van der Waals surface area contributed by atoms with Crippen LogP contribution in [-0.4, -0.2) is 49.8 Å². The highest BCUT2D eigenvalue weighted by atomic mass is 16.6. The summed E-state index contributed by atoms with van der Waals surface area (Å²) in [6.45, 7) is 4.36. The average Bonchev–Trinajstić information content (AvgIpc) is 3.09. The zero-order valence-electron chi connectivity index (χ0n) is 14.5. The Morgan fingerprint density at radius 3 is 2.58 bits per heavy atom. The van der Waals surface area contributed by atoms with E-state index >= 15 is 0 Å². The van der Waals surface area contributed by atoms with E-state index < -0.39 is 42.0 Å². The normalized spacial score (nSPS) is 25.3. The van der Waals surface area contributed by atoms with Gasteiger partial charge in [0.25, 0.3) is 5.56 Å². The molecule has 3 heterocycles. The SMILES string of the molecule is CC[C@H]1O[C@@H](n2cnc3c(=O)[nH]c(N)nc32)[C@@H](OC(C)=O)C1OC(C)=O. The van der Waals surface area contributed by atoms with E-state index in [1.165, 1.54) is 24.7 Å². The van der Waals surface area contributed by atoms with E-state index in [2.05, 4.69) is 15.0 Å². The Morgan fingerprint density at radius 2 is 1.96 bits per heavy atom. The van der Waals surface area contributed by atoms with Crippen LogP contribution in [0.25, 0.3) is 11.2 Å². The molecule has 4 atom stereocenters. The quantitative estimate of drug-likeness (QED) is 0.706. The van der Waals surface area contributed by atoms with Crippen LogP contribution in [0.15, 0.2) is 11.1 Å². The number of nitrogens with two attached hydrogens (primary N) is 1. The van der Waals surface area contributed by atoms with Crippen molar-refractivity contribution < 1.29 is 23.8 Å². The maximum Gasteiger partial charge on any atom is 0.303 e. The number of nitrogens with one attached hydrogen (secondary N) is 1. The maximum absolute atomic E-state index is 12.0. The van der Waals surface area contributed by atoms with Crippen molar-refractivity contribution in [2.24, 2.45) is 0 Å². The minimum Gasteiger partial charge on any atom is -0.456 e. The Kier molecular flexibility index (Phi) is 4.64. The fourth-order valence-corrected chi connectivity index (χ4v) is 3.04. The zero-order valence-corrected chi connectivity index (χ0v) is 14.5. The third kappa shape index (κ3) is 3.12. The van der Waals surface area contributed by atoms with Gasteiger partial charge < -0.3 is 19.9 Å². The van der Waals surface area contributed by atoms with Crippen molar-refractivity contribution >= 4 is 29.1 Å². The highest BCUT2D eigenvalue weighted by Crippen LogP contribution is 2.36. The van der Waals surface area contributed by atoms with Crippen molar-refractivity contribution in [1.82, 2.24) is 19.5 Å². The fraction of sp³-hybridized carbons (Fsp3) is 0.533. The minimum atomic E-state index is -0.930. The summed E-state index contributed by atoms with van der Waals surface area (Å²) >= 11 is 0. The van der Waals surface area contributed by atoms with Crippen LogP contribution in [0.4, 0.5) is 5.95 Å². The third-order valence-electron chi connectivity index (χ3n) is 4.02. The summed E-state index contributed by atoms with van der Waals surface area (Å²) in [4.78, 5) is 45.5. The van der Waals surface area contributed by atoms with Crippen molar-refractivity contribution in [1.29, 1.82) is 0 Å². The van der Waals surface area contributed by atoms with E-state index in [0.29, 0.717) is 6.42 Å². The summed E-state index contributed by atoms with van der Waals surface area (Å²) < 4.78 is 18.1. The Morgan fingerprint density at radius 1 is 1.31 bits per heavy atom. The van der Waals surface area contributed by atoms with Crippen LogP contribution in [0.2, 0.25) is 0 Å². The molecule has 0 amide bonds. The number of rotatable bonds is 4. The smallest absolute Gasteiger partial charge is 0.303 e. The second-order valence-electron chi connectivity index (χ2n) is 5.90. The van der Waals surface area contributed by atoms with Gasteiger partial charge in [-0.05, 0) is 6.42 Å². The molecule has 11 nitrogen and oxygen atoms in total. The van der Waals surface area contributed by atoms with Gasteiger partial charge in [-0.15, -0.1) is 0 Å². The molecule has 2 aromatic rings. The highest BCUT2D eigenvalue weighted by Gasteiger charge is 2.49. The van der Waals surface area contributed by atoms with Gasteiger partial charge in [0.15, 0.2) is 29.6 Å². The van der Waals surface area contributed by atoms with E-state index in [-0.39, 0.29) is 17.1 Å². The Balaban J connectivity index is 2.08. The molecule has 11 heteroatoms. The van der Waals surface area contributed by atoms with Crippen molar-refractivity contribution in [2.45, 2.75) is 51.7 Å². The van der Waals surface area contributed by atoms with Crippen LogP contribution in [0.3, 0.4) is 0 Å². The molecule has 1 fully saturated rings. The lowest BCUT2D eigenvalue weighted by atomic mass is 10.1. The second-order valence-corrected chi connectivity index (χ2v) is 5.90. The molecule has 26 heavy (non-hydrogen) atoms. The van der Waals surface area contributed by atoms with E-state index in [9.17, 15) is 14.4 Å². The van der Waals surface area contributed by atoms with Gasteiger partial charge in [-0.2, -0.15) is 4.98 Å². The fourth-order valence-electron chi connectivity index (χ4n) is 3.04. The van der Waals surface area contributed by atoms with Gasteiger partial charge in [0.05, 0.1) is 6.33 Å². The van der Waals surface area contributed by atoms with E-state index in [0.717, 1.165) is 0 Å². The lowest BCUT2D eigenvalue weighted by Crippen LogP contribution is -2.38. The van der Waals surface area contributed by atoms with Crippen molar-refractivity contribution in [3.05, 3.63) is 16.7 Å². The third-order valence-corrected chi connectivity index (χ3v) is 4.02. The number of carbonyl (C=O) groups excluding carboxylic acids is 2. The number of esters is 2. The summed E-state index contributed by atoms with van der Waals surface area (Å²) in [5, 5.41) is 0. The number of ether oxygens (including phenoxy) is 3. The van der Waals surface area contributed by atoms with Crippen LogP contribution in [-0.2, 0) is 23.8 Å². The number of fused-ring (bicyclic) bond motifs is 1. The number of hydrogen-bond acceptors (Lipinski definition) is 9. The zero-order chi connectivity index (χ0) is 19.0. The minimum absolute atomic E-state index is 0.0633. The summed E-state index contributed by atoms with van der Waals surface area (Å²) in [5.74, 6) is -1.17. The molecule has 3 N–H and O–H groups in total. The maximum atomic E-state index is 12.0. The molecular formula is C15H19N5O6. The molecule has 1 saturated heterocycles. The number of imidazole rings is 1. The van der Waals surface area contributed by atoms with Gasteiger partial charge in [0.2, 0.25) is 5.95 Å². The summed E-state index contributed by atoms with van der Waals surface area (Å²) in [6.07, 6.45) is -1.27. The van der Waals surface area contributed by atoms with Gasteiger partial charge in [-0.3, -0.25) is 23.9 Å². The molecule has 0 radical (unpaired) electrons. The Bertz CT molecular complexity index is 906. The number of nitrogens with zero attached hydrogens (tertiary/aromatic N) is 3. The van der Waals surface area contributed by atoms with E-state index in [4.69, 9.17) is 19.9 Å². The number of H-pyrrole nitrogens is 1. The van der Waals surface area contributed by atoms with E-state index in [1.807, 2.05) is 6.92 Å². The molecule has 0 bridgehead atoms. The first-order valence-electron chi connectivity index (χ1n) is 8.04. The van der Waals surface area contributed by atoms with Gasteiger partial charge in [-0.25, -0.2) is 4.98 Å². The molecule has 0 aromatic carbocycles. The Hall–Kier alpha value is -2.95. The van der Waals surface area contributed by atoms with Gasteiger partial charge in [0, 0.05) is 13.8 Å². The number of carbonyl (C=O) groups is 2. The van der Waals surface area contributed by atoms with E-state index in [1.54, 1.807) is 0 Å². The number of hydrogen-bond donors (Lipinski definition) is 2. The number of aromatic nitrogens is 4. The van der Waals surface area contributed by atoms with Crippen LogP contribution >= 0.6 is 0 Å². The molecule has 0 spiro atoms. The first-order valence-corrected chi connectivity index (χ1v) is 8.04. The molecule has 1 aliphatic rings. The molecule has 140 valence electrons. The lowest BCUT2D eigenvalue weighted by Gasteiger charge is -2.23. The topological polar surface area (TPSA) is 151 Å². The molecular weight excluding hydrogens is 346 g/mol. The first kappa shape index (κ1) is 17.9. The Labute approximate surface area is 147 Å². The molecule has 3 rings (SSSR count). The molecule has 1 unspecified atom stereocenters. The van der Waals surface area contributed by atoms with Crippen molar-refractivity contribution in [3.8, 4) is 0 Å². The van der Waals surface area contributed by atoms with Gasteiger partial charge in [0.1, 0.15) is 6.10 Å². The van der Waals surface area contributed by atoms with Crippen LogP contribution in [0, 0.1) is 0 Å². The number of nitrogen functional groups attached to an aromatic ring is 1. The molecule has 1 aliphatic heterocycles. The van der Waals surface area contributed by atoms with Crippen LogP contribution < -0.4 is 11.3 Å². The monoisotopic (exact) mass is 365 g/mol. The standard InChI is InChI=1S/C15H19N5O6/c1-4-8-10(24-6(2)21)11(25-7(3)22)14(26-8)20-5-17-9-12(20)18-15(16)19-13(9)23/h5,8,10-11,14H,4H2,1-3H3,(H3,16,18,19,23)/t8-,10?,11+,14-/m1/s1. The predicted molar refractivity (Wildman–Crippen MR) is 87.9 cm³/mol. The molecule has 0 aliphatic carbocycles. The number of anilines is 1. The number of aromatic amines is 1.